The highest BCUT2D eigenvalue weighted by Crippen LogP contribution is 2.41. The number of esters is 2. The molecular formula is C25H33N3O8S. The Morgan fingerprint density at radius 1 is 1.03 bits per heavy atom. The van der Waals surface area contributed by atoms with E-state index in [2.05, 4.69) is 4.90 Å². The summed E-state index contributed by atoms with van der Waals surface area (Å²) in [6, 6.07) is 0.754. The Morgan fingerprint density at radius 2 is 1.78 bits per heavy atom. The van der Waals surface area contributed by atoms with Crippen molar-refractivity contribution >= 4 is 29.2 Å². The lowest BCUT2D eigenvalue weighted by Crippen LogP contribution is -2.61. The number of aliphatic hydroxyl groups is 2. The van der Waals surface area contributed by atoms with Crippen LogP contribution in [0.5, 0.6) is 5.19 Å². The number of piperidine rings is 1. The number of ether oxygens (including phenoxy) is 3. The fraction of sp³-hybridized carbons (Fsp3) is 0.760. The molecule has 37 heavy (non-hydrogen) atoms. The Labute approximate surface area is 218 Å². The van der Waals surface area contributed by atoms with Crippen molar-refractivity contribution in [3.05, 3.63) is 10.6 Å². The molecule has 2 N–H and O–H groups in total. The van der Waals surface area contributed by atoms with Gasteiger partial charge in [-0.05, 0) is 38.5 Å². The summed E-state index contributed by atoms with van der Waals surface area (Å²) < 4.78 is 17.1. The van der Waals surface area contributed by atoms with Gasteiger partial charge in [-0.25, -0.2) is 14.6 Å². The maximum atomic E-state index is 13.8. The average Bonchev–Trinajstić information content (AvgIpc) is 3.45. The lowest BCUT2D eigenvalue weighted by atomic mass is 9.90. The van der Waals surface area contributed by atoms with Crippen LogP contribution in [0.25, 0.3) is 0 Å². The molecule has 4 unspecified atom stereocenters. The molecule has 0 aromatic carbocycles. The Balaban J connectivity index is 1.13. The quantitative estimate of drug-likeness (QED) is 0.525. The summed E-state index contributed by atoms with van der Waals surface area (Å²) in [5.74, 6) is -2.78. The number of amides is 1. The Bertz CT molecular complexity index is 1070. The fourth-order valence-electron chi connectivity index (χ4n) is 6.13. The van der Waals surface area contributed by atoms with Gasteiger partial charge in [0.1, 0.15) is 6.10 Å². The fourth-order valence-corrected chi connectivity index (χ4v) is 7.16. The number of nitrogens with zero attached hydrogens (tertiary/aromatic N) is 3. The molecule has 5 aliphatic rings. The van der Waals surface area contributed by atoms with Gasteiger partial charge in [-0.1, -0.05) is 17.8 Å². The molecule has 6 rings (SSSR count). The van der Waals surface area contributed by atoms with Gasteiger partial charge in [-0.15, -0.1) is 0 Å². The molecule has 2 aliphatic carbocycles. The van der Waals surface area contributed by atoms with Crippen LogP contribution in [0.1, 0.15) is 61.9 Å². The van der Waals surface area contributed by atoms with Gasteiger partial charge in [-0.2, -0.15) is 0 Å². The molecule has 202 valence electrons. The smallest absolute Gasteiger partial charge is 0.339 e. The third kappa shape index (κ3) is 4.51. The van der Waals surface area contributed by atoms with Crippen molar-refractivity contribution in [1.29, 1.82) is 0 Å². The van der Waals surface area contributed by atoms with Crippen molar-refractivity contribution in [2.45, 2.75) is 100 Å². The number of carbonyl (C=O) groups is 3. The van der Waals surface area contributed by atoms with Gasteiger partial charge in [0.15, 0.2) is 18.3 Å². The van der Waals surface area contributed by atoms with Crippen molar-refractivity contribution in [3.63, 3.8) is 0 Å². The van der Waals surface area contributed by atoms with Crippen molar-refractivity contribution in [3.8, 4) is 5.19 Å². The van der Waals surface area contributed by atoms with E-state index in [-0.39, 0.29) is 12.5 Å². The van der Waals surface area contributed by atoms with Gasteiger partial charge in [-0.3, -0.25) is 4.79 Å². The first-order valence-electron chi connectivity index (χ1n) is 13.3. The first-order valence-corrected chi connectivity index (χ1v) is 14.1. The van der Waals surface area contributed by atoms with Crippen LogP contribution in [0.4, 0.5) is 0 Å². The SMILES string of the molecule is O=C1OC2CCCC2(C(=O)N2CCc3nc(OC4CCN(C5CCC5)CC4)sc3C2)OC(=O)C(O)C1O. The van der Waals surface area contributed by atoms with Crippen LogP contribution >= 0.6 is 11.3 Å². The summed E-state index contributed by atoms with van der Waals surface area (Å²) in [5.41, 5.74) is -0.792. The van der Waals surface area contributed by atoms with Crippen molar-refractivity contribution in [1.82, 2.24) is 14.8 Å². The lowest BCUT2D eigenvalue weighted by Gasteiger charge is -2.41. The number of hydrogen-bond acceptors (Lipinski definition) is 11. The predicted molar refractivity (Wildman–Crippen MR) is 129 cm³/mol. The molecule has 3 aliphatic heterocycles. The summed E-state index contributed by atoms with van der Waals surface area (Å²) in [7, 11) is 0. The zero-order valence-electron chi connectivity index (χ0n) is 20.7. The lowest BCUT2D eigenvalue weighted by molar-refractivity contribution is -0.214. The van der Waals surface area contributed by atoms with Crippen LogP contribution in [0.2, 0.25) is 0 Å². The van der Waals surface area contributed by atoms with Crippen LogP contribution in [-0.2, 0) is 36.8 Å². The number of hydrogen-bond donors (Lipinski definition) is 2. The monoisotopic (exact) mass is 535 g/mol. The normalized spacial score (nSPS) is 33.5. The van der Waals surface area contributed by atoms with E-state index in [0.717, 1.165) is 42.5 Å². The predicted octanol–water partition coefficient (Wildman–Crippen LogP) is 0.537. The molecule has 4 atom stereocenters. The molecule has 1 amide bonds. The molecule has 0 radical (unpaired) electrons. The minimum atomic E-state index is -2.10. The van der Waals surface area contributed by atoms with E-state index in [4.69, 9.17) is 19.2 Å². The van der Waals surface area contributed by atoms with Gasteiger partial charge < -0.3 is 34.2 Å². The summed E-state index contributed by atoms with van der Waals surface area (Å²) in [6.07, 6.45) is 2.47. The third-order valence-electron chi connectivity index (χ3n) is 8.55. The first kappa shape index (κ1) is 25.0. The highest BCUT2D eigenvalue weighted by molar-refractivity contribution is 7.13. The molecular weight excluding hydrogens is 502 g/mol. The van der Waals surface area contributed by atoms with E-state index in [0.29, 0.717) is 37.5 Å². The Hall–Kier alpha value is -2.28. The zero-order chi connectivity index (χ0) is 25.7. The largest absolute Gasteiger partial charge is 0.467 e. The topological polar surface area (TPSA) is 139 Å². The molecule has 1 aromatic rings. The van der Waals surface area contributed by atoms with Gasteiger partial charge >= 0.3 is 11.9 Å². The number of aliphatic hydroxyl groups excluding tert-OH is 2. The molecule has 2 saturated heterocycles. The van der Waals surface area contributed by atoms with Crippen LogP contribution in [0.3, 0.4) is 0 Å². The van der Waals surface area contributed by atoms with Crippen LogP contribution in [-0.4, -0.2) is 98.5 Å². The first-order chi connectivity index (χ1) is 17.8. The van der Waals surface area contributed by atoms with Crippen LogP contribution in [0.15, 0.2) is 0 Å². The van der Waals surface area contributed by atoms with Crippen LogP contribution in [0, 0.1) is 0 Å². The van der Waals surface area contributed by atoms with E-state index < -0.39 is 41.8 Å². The van der Waals surface area contributed by atoms with E-state index in [9.17, 15) is 24.6 Å². The molecule has 12 heteroatoms. The van der Waals surface area contributed by atoms with Crippen LogP contribution < -0.4 is 4.74 Å². The summed E-state index contributed by atoms with van der Waals surface area (Å²) in [5, 5.41) is 20.5. The van der Waals surface area contributed by atoms with Gasteiger partial charge in [0.05, 0.1) is 17.1 Å². The van der Waals surface area contributed by atoms with Crippen molar-refractivity contribution in [2.75, 3.05) is 19.6 Å². The van der Waals surface area contributed by atoms with Gasteiger partial charge in [0.25, 0.3) is 11.1 Å². The zero-order valence-corrected chi connectivity index (χ0v) is 21.5. The van der Waals surface area contributed by atoms with Crippen molar-refractivity contribution < 1.29 is 38.8 Å². The molecule has 1 aromatic heterocycles. The minimum absolute atomic E-state index is 0.144. The Morgan fingerprint density at radius 3 is 2.51 bits per heavy atom. The summed E-state index contributed by atoms with van der Waals surface area (Å²) in [6.45, 7) is 2.78. The molecule has 2 saturated carbocycles. The maximum Gasteiger partial charge on any atom is 0.339 e. The highest BCUT2D eigenvalue weighted by atomic mass is 32.1. The van der Waals surface area contributed by atoms with Crippen molar-refractivity contribution in [2.24, 2.45) is 0 Å². The van der Waals surface area contributed by atoms with E-state index in [1.54, 1.807) is 4.90 Å². The molecule has 4 fully saturated rings. The number of rotatable bonds is 4. The minimum Gasteiger partial charge on any atom is -0.467 e. The third-order valence-corrected chi connectivity index (χ3v) is 9.53. The summed E-state index contributed by atoms with van der Waals surface area (Å²) >= 11 is 1.44. The molecule has 0 bridgehead atoms. The Kier molecular flexibility index (Phi) is 6.62. The molecule has 11 nitrogen and oxygen atoms in total. The van der Waals surface area contributed by atoms with E-state index in [1.165, 1.54) is 30.6 Å². The standard InChI is InChI=1S/C25H33N3O8S/c29-19-20(30)22(32)36-25(9-2-5-18(25)35-21(19)31)23(33)28-12-8-16-17(13-28)37-24(26-16)34-15-6-10-27(11-7-15)14-3-1-4-14/h14-15,18-20,29-30H,1-13H2. The molecule has 0 spiro atoms. The highest BCUT2D eigenvalue weighted by Gasteiger charge is 2.59. The van der Waals surface area contributed by atoms with Gasteiger partial charge in [0.2, 0.25) is 5.60 Å². The van der Waals surface area contributed by atoms with Gasteiger partial charge in [0, 0.05) is 38.5 Å². The maximum absolute atomic E-state index is 13.8. The number of thiazole rings is 1. The second-order valence-corrected chi connectivity index (χ2v) is 11.8. The van der Waals surface area contributed by atoms with E-state index >= 15 is 0 Å². The number of carbonyl (C=O) groups excluding carboxylic acids is 3. The second kappa shape index (κ2) is 9.79. The molecule has 4 heterocycles. The number of aromatic nitrogens is 1. The number of fused-ring (bicyclic) bond motifs is 2. The summed E-state index contributed by atoms with van der Waals surface area (Å²) in [4.78, 5) is 48.3. The second-order valence-electron chi connectivity index (χ2n) is 10.8. The van der Waals surface area contributed by atoms with E-state index in [1.807, 2.05) is 0 Å². The average molecular weight is 536 g/mol. The number of likely N-dealkylation sites (tertiary alicyclic amines) is 1.